The van der Waals surface area contributed by atoms with E-state index in [1.54, 1.807) is 0 Å². The SMILES string of the molecule is O[C@@H]1CN[C@@H](c2ccccc2)C1. The Morgan fingerprint density at radius 1 is 1.25 bits per heavy atom. The standard InChI is InChI=1S/C10H13NO/c12-9-6-10(11-7-9)8-4-2-1-3-5-8/h1-5,9-12H,6-7H2/t9-,10+/m0/s1. The molecule has 1 heterocycles. The highest BCUT2D eigenvalue weighted by Crippen LogP contribution is 2.22. The molecule has 2 nitrogen and oxygen atoms in total. The Bertz CT molecular complexity index is 247. The number of hydrogen-bond donors (Lipinski definition) is 2. The van der Waals surface area contributed by atoms with Crippen molar-refractivity contribution in [2.24, 2.45) is 0 Å². The predicted molar refractivity (Wildman–Crippen MR) is 47.8 cm³/mol. The molecule has 0 unspecified atom stereocenters. The molecular weight excluding hydrogens is 150 g/mol. The molecule has 2 N–H and O–H groups in total. The maximum Gasteiger partial charge on any atom is 0.0682 e. The first-order valence-electron chi connectivity index (χ1n) is 4.32. The van der Waals surface area contributed by atoms with E-state index in [0.717, 1.165) is 13.0 Å². The van der Waals surface area contributed by atoms with Crippen LogP contribution in [0.3, 0.4) is 0 Å². The van der Waals surface area contributed by atoms with Gasteiger partial charge in [-0.05, 0) is 12.0 Å². The summed E-state index contributed by atoms with van der Waals surface area (Å²) in [4.78, 5) is 0. The highest BCUT2D eigenvalue weighted by molar-refractivity contribution is 5.20. The van der Waals surface area contributed by atoms with Gasteiger partial charge in [0.1, 0.15) is 0 Å². The van der Waals surface area contributed by atoms with Crippen LogP contribution in [0.5, 0.6) is 0 Å². The average Bonchev–Trinajstić information content (AvgIpc) is 2.54. The van der Waals surface area contributed by atoms with Gasteiger partial charge in [-0.1, -0.05) is 30.3 Å². The zero-order chi connectivity index (χ0) is 8.39. The largest absolute Gasteiger partial charge is 0.392 e. The summed E-state index contributed by atoms with van der Waals surface area (Å²) >= 11 is 0. The normalized spacial score (nSPS) is 29.1. The minimum absolute atomic E-state index is 0.171. The molecule has 0 bridgehead atoms. The first-order valence-corrected chi connectivity index (χ1v) is 4.32. The van der Waals surface area contributed by atoms with E-state index in [1.165, 1.54) is 5.56 Å². The summed E-state index contributed by atoms with van der Waals surface area (Å²) in [5, 5.41) is 12.6. The molecule has 0 amide bonds. The zero-order valence-corrected chi connectivity index (χ0v) is 6.90. The highest BCUT2D eigenvalue weighted by Gasteiger charge is 2.22. The molecule has 1 aliphatic heterocycles. The van der Waals surface area contributed by atoms with Crippen LogP contribution in [-0.4, -0.2) is 17.8 Å². The maximum atomic E-state index is 9.30. The Morgan fingerprint density at radius 3 is 2.58 bits per heavy atom. The van der Waals surface area contributed by atoms with E-state index in [-0.39, 0.29) is 6.10 Å². The van der Waals surface area contributed by atoms with Crippen molar-refractivity contribution < 1.29 is 5.11 Å². The monoisotopic (exact) mass is 163 g/mol. The molecule has 2 heteroatoms. The van der Waals surface area contributed by atoms with Gasteiger partial charge < -0.3 is 10.4 Å². The third-order valence-electron chi connectivity index (χ3n) is 2.31. The Kier molecular flexibility index (Phi) is 2.11. The lowest BCUT2D eigenvalue weighted by molar-refractivity contribution is 0.193. The van der Waals surface area contributed by atoms with E-state index in [2.05, 4.69) is 17.4 Å². The number of aliphatic hydroxyl groups is 1. The molecule has 0 aromatic heterocycles. The Labute approximate surface area is 72.2 Å². The van der Waals surface area contributed by atoms with Crippen molar-refractivity contribution in [3.05, 3.63) is 35.9 Å². The van der Waals surface area contributed by atoms with Gasteiger partial charge in [-0.15, -0.1) is 0 Å². The fraction of sp³-hybridized carbons (Fsp3) is 0.400. The summed E-state index contributed by atoms with van der Waals surface area (Å²) in [6.45, 7) is 0.722. The summed E-state index contributed by atoms with van der Waals surface area (Å²) in [6.07, 6.45) is 0.666. The molecule has 0 radical (unpaired) electrons. The average molecular weight is 163 g/mol. The second-order valence-electron chi connectivity index (χ2n) is 3.26. The first kappa shape index (κ1) is 7.77. The van der Waals surface area contributed by atoms with Gasteiger partial charge in [0.05, 0.1) is 6.10 Å². The van der Waals surface area contributed by atoms with E-state index in [4.69, 9.17) is 0 Å². The summed E-state index contributed by atoms with van der Waals surface area (Å²) in [6, 6.07) is 10.6. The molecular formula is C10H13NO. The third kappa shape index (κ3) is 1.49. The molecule has 12 heavy (non-hydrogen) atoms. The van der Waals surface area contributed by atoms with Crippen molar-refractivity contribution in [3.63, 3.8) is 0 Å². The maximum absolute atomic E-state index is 9.30. The molecule has 0 saturated carbocycles. The van der Waals surface area contributed by atoms with E-state index >= 15 is 0 Å². The second kappa shape index (κ2) is 3.25. The van der Waals surface area contributed by atoms with E-state index < -0.39 is 0 Å². The lowest BCUT2D eigenvalue weighted by Crippen LogP contribution is -2.14. The van der Waals surface area contributed by atoms with Crippen LogP contribution in [0.4, 0.5) is 0 Å². The Morgan fingerprint density at radius 2 is 2.00 bits per heavy atom. The highest BCUT2D eigenvalue weighted by atomic mass is 16.3. The molecule has 1 fully saturated rings. The van der Waals surface area contributed by atoms with E-state index in [1.807, 2.05) is 18.2 Å². The molecule has 1 aliphatic rings. The number of rotatable bonds is 1. The van der Waals surface area contributed by atoms with Crippen LogP contribution >= 0.6 is 0 Å². The van der Waals surface area contributed by atoms with Crippen LogP contribution in [0.1, 0.15) is 18.0 Å². The van der Waals surface area contributed by atoms with Gasteiger partial charge in [0, 0.05) is 12.6 Å². The molecule has 1 aromatic rings. The fourth-order valence-electron chi connectivity index (χ4n) is 1.66. The van der Waals surface area contributed by atoms with Gasteiger partial charge in [-0.3, -0.25) is 0 Å². The number of aliphatic hydroxyl groups excluding tert-OH is 1. The van der Waals surface area contributed by atoms with Crippen LogP contribution in [-0.2, 0) is 0 Å². The van der Waals surface area contributed by atoms with Crippen molar-refractivity contribution in [3.8, 4) is 0 Å². The quantitative estimate of drug-likeness (QED) is 0.649. The van der Waals surface area contributed by atoms with Crippen molar-refractivity contribution >= 4 is 0 Å². The smallest absolute Gasteiger partial charge is 0.0682 e. The number of β-amino-alcohol motifs (C(OH)–C–C–N with tert-alkyl or cyclic N) is 1. The molecule has 1 aromatic carbocycles. The summed E-state index contributed by atoms with van der Waals surface area (Å²) < 4.78 is 0. The molecule has 0 aliphatic carbocycles. The molecule has 2 rings (SSSR count). The van der Waals surface area contributed by atoms with Crippen molar-refractivity contribution in [1.82, 2.24) is 5.32 Å². The molecule has 1 saturated heterocycles. The molecule has 64 valence electrons. The van der Waals surface area contributed by atoms with Crippen molar-refractivity contribution in [1.29, 1.82) is 0 Å². The van der Waals surface area contributed by atoms with Gasteiger partial charge in [-0.2, -0.15) is 0 Å². The van der Waals surface area contributed by atoms with Gasteiger partial charge in [-0.25, -0.2) is 0 Å². The van der Waals surface area contributed by atoms with Crippen molar-refractivity contribution in [2.45, 2.75) is 18.6 Å². The third-order valence-corrected chi connectivity index (χ3v) is 2.31. The van der Waals surface area contributed by atoms with Crippen LogP contribution in [0.2, 0.25) is 0 Å². The van der Waals surface area contributed by atoms with E-state index in [9.17, 15) is 5.11 Å². The van der Waals surface area contributed by atoms with Crippen LogP contribution in [0, 0.1) is 0 Å². The van der Waals surface area contributed by atoms with Crippen molar-refractivity contribution in [2.75, 3.05) is 6.54 Å². The van der Waals surface area contributed by atoms with Crippen LogP contribution < -0.4 is 5.32 Å². The summed E-state index contributed by atoms with van der Waals surface area (Å²) in [7, 11) is 0. The van der Waals surface area contributed by atoms with Gasteiger partial charge in [0.2, 0.25) is 0 Å². The van der Waals surface area contributed by atoms with Gasteiger partial charge in [0.15, 0.2) is 0 Å². The number of benzene rings is 1. The second-order valence-corrected chi connectivity index (χ2v) is 3.26. The van der Waals surface area contributed by atoms with Gasteiger partial charge in [0.25, 0.3) is 0 Å². The lowest BCUT2D eigenvalue weighted by Gasteiger charge is -2.08. The van der Waals surface area contributed by atoms with Gasteiger partial charge >= 0.3 is 0 Å². The number of nitrogens with one attached hydrogen (secondary N) is 1. The van der Waals surface area contributed by atoms with E-state index in [0.29, 0.717) is 6.04 Å². The number of hydrogen-bond acceptors (Lipinski definition) is 2. The topological polar surface area (TPSA) is 32.3 Å². The van der Waals surface area contributed by atoms with Crippen LogP contribution in [0.25, 0.3) is 0 Å². The summed E-state index contributed by atoms with van der Waals surface area (Å²) in [5.74, 6) is 0. The minimum Gasteiger partial charge on any atom is -0.392 e. The zero-order valence-electron chi connectivity index (χ0n) is 6.90. The fourth-order valence-corrected chi connectivity index (χ4v) is 1.66. The molecule has 2 atom stereocenters. The first-order chi connectivity index (χ1) is 5.86. The molecule has 0 spiro atoms. The summed E-state index contributed by atoms with van der Waals surface area (Å²) in [5.41, 5.74) is 1.27. The Balaban J connectivity index is 2.11. The Hall–Kier alpha value is -0.860. The predicted octanol–water partition coefficient (Wildman–Crippen LogP) is 1.08. The van der Waals surface area contributed by atoms with Crippen LogP contribution in [0.15, 0.2) is 30.3 Å². The lowest BCUT2D eigenvalue weighted by atomic mass is 10.1. The minimum atomic E-state index is -0.171.